The van der Waals surface area contributed by atoms with Crippen molar-refractivity contribution in [1.82, 2.24) is 30.2 Å². The van der Waals surface area contributed by atoms with Gasteiger partial charge in [-0.1, -0.05) is 5.21 Å². The standard InChI is InChI=1S/C21H30N6O7/c1-26(13-19(28)23-7-10-32-2)20(29)15-34-9-4-3-8-33-14-16-12-27(25-24-16)18-11-22-6-5-17(18)21(30)31/h5-6,11-12H,3-4,7-10,13-15H2,1-2H3,(H,23,28)(H,30,31). The van der Waals surface area contributed by atoms with E-state index in [1.807, 2.05) is 0 Å². The molecule has 2 aromatic heterocycles. The Morgan fingerprint density at radius 2 is 1.94 bits per heavy atom. The first-order valence-corrected chi connectivity index (χ1v) is 10.7. The fourth-order valence-corrected chi connectivity index (χ4v) is 2.74. The van der Waals surface area contributed by atoms with Crippen molar-refractivity contribution in [3.05, 3.63) is 35.9 Å². The third kappa shape index (κ3) is 9.21. The minimum absolute atomic E-state index is 0.0389. The summed E-state index contributed by atoms with van der Waals surface area (Å²) < 4.78 is 17.1. The number of unbranched alkanes of at least 4 members (excludes halogenated alkanes) is 1. The van der Waals surface area contributed by atoms with Crippen molar-refractivity contribution >= 4 is 17.8 Å². The lowest BCUT2D eigenvalue weighted by Gasteiger charge is -2.16. The molecule has 0 aliphatic heterocycles. The molecule has 2 rings (SSSR count). The van der Waals surface area contributed by atoms with Gasteiger partial charge in [0, 0.05) is 40.1 Å². The van der Waals surface area contributed by atoms with Crippen LogP contribution in [-0.4, -0.2) is 101 Å². The molecule has 0 saturated heterocycles. The van der Waals surface area contributed by atoms with Gasteiger partial charge in [0.15, 0.2) is 0 Å². The Hall–Kier alpha value is -3.42. The van der Waals surface area contributed by atoms with Crippen LogP contribution in [0.15, 0.2) is 24.7 Å². The van der Waals surface area contributed by atoms with Crippen LogP contribution in [0, 0.1) is 0 Å². The number of rotatable bonds is 16. The molecule has 2 aromatic rings. The number of ether oxygens (including phenoxy) is 3. The summed E-state index contributed by atoms with van der Waals surface area (Å²) in [5.41, 5.74) is 0.941. The molecule has 0 unspecified atom stereocenters. The van der Waals surface area contributed by atoms with E-state index in [1.165, 1.54) is 28.0 Å². The van der Waals surface area contributed by atoms with Crippen LogP contribution in [0.4, 0.5) is 0 Å². The predicted octanol–water partition coefficient (Wildman–Crippen LogP) is -0.105. The van der Waals surface area contributed by atoms with Crippen LogP contribution >= 0.6 is 0 Å². The van der Waals surface area contributed by atoms with Crippen LogP contribution in [0.25, 0.3) is 5.69 Å². The van der Waals surface area contributed by atoms with Crippen LogP contribution < -0.4 is 5.32 Å². The van der Waals surface area contributed by atoms with Crippen molar-refractivity contribution in [2.45, 2.75) is 19.4 Å². The maximum atomic E-state index is 12.0. The number of nitrogens with zero attached hydrogens (tertiary/aromatic N) is 5. The van der Waals surface area contributed by atoms with Gasteiger partial charge in [-0.15, -0.1) is 5.10 Å². The van der Waals surface area contributed by atoms with Gasteiger partial charge in [-0.3, -0.25) is 14.6 Å². The highest BCUT2D eigenvalue weighted by Gasteiger charge is 2.14. The average molecular weight is 479 g/mol. The number of amides is 2. The van der Waals surface area contributed by atoms with Crippen LogP contribution in [0.5, 0.6) is 0 Å². The topological polar surface area (TPSA) is 158 Å². The fraction of sp³-hybridized carbons (Fsp3) is 0.524. The maximum absolute atomic E-state index is 12.0. The third-order valence-corrected chi connectivity index (χ3v) is 4.56. The van der Waals surface area contributed by atoms with E-state index in [2.05, 4.69) is 20.6 Å². The molecular formula is C21H30N6O7. The van der Waals surface area contributed by atoms with E-state index in [-0.39, 0.29) is 37.1 Å². The van der Waals surface area contributed by atoms with E-state index >= 15 is 0 Å². The fourth-order valence-electron chi connectivity index (χ4n) is 2.74. The molecule has 0 radical (unpaired) electrons. The lowest BCUT2D eigenvalue weighted by molar-refractivity contribution is -0.138. The molecule has 0 atom stereocenters. The number of methoxy groups -OCH3 is 1. The summed E-state index contributed by atoms with van der Waals surface area (Å²) in [7, 11) is 3.09. The lowest BCUT2D eigenvalue weighted by Crippen LogP contribution is -2.40. The Morgan fingerprint density at radius 1 is 1.18 bits per heavy atom. The molecule has 34 heavy (non-hydrogen) atoms. The van der Waals surface area contributed by atoms with E-state index in [0.29, 0.717) is 50.6 Å². The highest BCUT2D eigenvalue weighted by molar-refractivity contribution is 5.91. The number of carbonyl (C=O) groups is 3. The molecule has 0 fully saturated rings. The first kappa shape index (κ1) is 26.8. The van der Waals surface area contributed by atoms with Gasteiger partial charge in [-0.25, -0.2) is 9.48 Å². The van der Waals surface area contributed by atoms with Gasteiger partial charge in [0.05, 0.1) is 43.4 Å². The van der Waals surface area contributed by atoms with Gasteiger partial charge in [-0.05, 0) is 18.9 Å². The molecule has 13 nitrogen and oxygen atoms in total. The van der Waals surface area contributed by atoms with Crippen molar-refractivity contribution in [3.63, 3.8) is 0 Å². The van der Waals surface area contributed by atoms with Crippen molar-refractivity contribution < 1.29 is 33.7 Å². The smallest absolute Gasteiger partial charge is 0.338 e. The van der Waals surface area contributed by atoms with Crippen molar-refractivity contribution in [2.24, 2.45) is 0 Å². The van der Waals surface area contributed by atoms with E-state index in [0.717, 1.165) is 0 Å². The largest absolute Gasteiger partial charge is 0.478 e. The van der Waals surface area contributed by atoms with Gasteiger partial charge >= 0.3 is 5.97 Å². The van der Waals surface area contributed by atoms with Crippen LogP contribution in [-0.2, 0) is 30.4 Å². The number of carboxylic acids is 1. The second-order valence-electron chi connectivity index (χ2n) is 7.26. The van der Waals surface area contributed by atoms with Crippen LogP contribution in [0.3, 0.4) is 0 Å². The summed E-state index contributed by atoms with van der Waals surface area (Å²) >= 11 is 0. The zero-order valence-corrected chi connectivity index (χ0v) is 19.3. The molecule has 0 bridgehead atoms. The molecule has 0 aliphatic rings. The molecule has 2 amide bonds. The van der Waals surface area contributed by atoms with E-state index in [1.54, 1.807) is 20.4 Å². The summed E-state index contributed by atoms with van der Waals surface area (Å²) in [6.07, 6.45) is 5.80. The molecule has 0 spiro atoms. The molecule has 0 aliphatic carbocycles. The Labute approximate surface area is 197 Å². The quantitative estimate of drug-likeness (QED) is 0.312. The Balaban J connectivity index is 1.57. The number of likely N-dealkylation sites (N-methyl/N-ethyl adjacent to an activating group) is 1. The van der Waals surface area contributed by atoms with Crippen LogP contribution in [0.2, 0.25) is 0 Å². The Bertz CT molecular complexity index is 936. The lowest BCUT2D eigenvalue weighted by atomic mass is 10.2. The van der Waals surface area contributed by atoms with Gasteiger partial charge < -0.3 is 29.5 Å². The molecule has 2 heterocycles. The zero-order chi connectivity index (χ0) is 24.8. The summed E-state index contributed by atoms with van der Waals surface area (Å²) in [6.45, 7) is 1.73. The maximum Gasteiger partial charge on any atom is 0.338 e. The monoisotopic (exact) mass is 478 g/mol. The number of carbonyl (C=O) groups excluding carboxylic acids is 2. The third-order valence-electron chi connectivity index (χ3n) is 4.56. The van der Waals surface area contributed by atoms with E-state index < -0.39 is 5.97 Å². The molecular weight excluding hydrogens is 448 g/mol. The van der Waals surface area contributed by atoms with Gasteiger partial charge in [0.2, 0.25) is 11.8 Å². The number of aromatic carboxylic acids is 1. The second kappa shape index (κ2) is 14.7. The van der Waals surface area contributed by atoms with Gasteiger partial charge in [0.25, 0.3) is 0 Å². The number of carboxylic acid groups (broad SMARTS) is 1. The average Bonchev–Trinajstić information content (AvgIpc) is 3.29. The van der Waals surface area contributed by atoms with Gasteiger partial charge in [0.1, 0.15) is 12.3 Å². The van der Waals surface area contributed by atoms with Gasteiger partial charge in [-0.2, -0.15) is 0 Å². The highest BCUT2D eigenvalue weighted by atomic mass is 16.5. The van der Waals surface area contributed by atoms with Crippen molar-refractivity contribution in [3.8, 4) is 5.69 Å². The molecule has 2 N–H and O–H groups in total. The highest BCUT2D eigenvalue weighted by Crippen LogP contribution is 2.12. The zero-order valence-electron chi connectivity index (χ0n) is 19.3. The van der Waals surface area contributed by atoms with Crippen molar-refractivity contribution in [1.29, 1.82) is 0 Å². The number of hydrogen-bond acceptors (Lipinski definition) is 9. The normalized spacial score (nSPS) is 10.8. The molecule has 0 saturated carbocycles. The number of nitrogens with one attached hydrogen (secondary N) is 1. The number of hydrogen-bond donors (Lipinski definition) is 2. The number of pyridine rings is 1. The van der Waals surface area contributed by atoms with Crippen molar-refractivity contribution in [2.75, 3.05) is 53.7 Å². The van der Waals surface area contributed by atoms with Crippen LogP contribution in [0.1, 0.15) is 28.9 Å². The molecule has 0 aromatic carbocycles. The predicted molar refractivity (Wildman–Crippen MR) is 118 cm³/mol. The number of aromatic nitrogens is 4. The Morgan fingerprint density at radius 3 is 2.68 bits per heavy atom. The summed E-state index contributed by atoms with van der Waals surface area (Å²) in [6, 6.07) is 1.39. The summed E-state index contributed by atoms with van der Waals surface area (Å²) in [5.74, 6) is -1.61. The Kier molecular flexibility index (Phi) is 11.6. The second-order valence-corrected chi connectivity index (χ2v) is 7.26. The summed E-state index contributed by atoms with van der Waals surface area (Å²) in [5, 5.41) is 19.8. The first-order valence-electron chi connectivity index (χ1n) is 10.7. The summed E-state index contributed by atoms with van der Waals surface area (Å²) in [4.78, 5) is 40.2. The van der Waals surface area contributed by atoms with E-state index in [4.69, 9.17) is 14.2 Å². The first-order chi connectivity index (χ1) is 16.4. The minimum Gasteiger partial charge on any atom is -0.478 e. The SMILES string of the molecule is COCCNC(=O)CN(C)C(=O)COCCCCOCc1cn(-c2cnccc2C(=O)O)nn1. The molecule has 186 valence electrons. The minimum atomic E-state index is -1.08. The van der Waals surface area contributed by atoms with E-state index in [9.17, 15) is 19.5 Å². The molecule has 13 heteroatoms.